The normalized spacial score (nSPS) is 10.4. The minimum Gasteiger partial charge on any atom is -0.497 e. The third kappa shape index (κ3) is 4.00. The summed E-state index contributed by atoms with van der Waals surface area (Å²) in [6.45, 7) is 2.30. The second-order valence-corrected chi connectivity index (χ2v) is 6.16. The summed E-state index contributed by atoms with van der Waals surface area (Å²) in [5, 5.41) is 4.78. The van der Waals surface area contributed by atoms with E-state index >= 15 is 0 Å². The molecule has 26 heavy (non-hydrogen) atoms. The van der Waals surface area contributed by atoms with Crippen LogP contribution in [0.15, 0.2) is 47.8 Å². The Bertz CT molecular complexity index is 927. The lowest BCUT2D eigenvalue weighted by Crippen LogP contribution is -2.12. The highest BCUT2D eigenvalue weighted by Gasteiger charge is 2.15. The molecule has 0 fully saturated rings. The van der Waals surface area contributed by atoms with E-state index in [2.05, 4.69) is 10.3 Å². The zero-order valence-corrected chi connectivity index (χ0v) is 15.1. The van der Waals surface area contributed by atoms with Crippen molar-refractivity contribution in [1.29, 1.82) is 0 Å². The number of ether oxygens (including phenoxy) is 2. The first kappa shape index (κ1) is 17.9. The smallest absolute Gasteiger partial charge is 0.275 e. The number of anilines is 1. The number of methoxy groups -OCH3 is 1. The van der Waals surface area contributed by atoms with Gasteiger partial charge in [-0.25, -0.2) is 9.37 Å². The first-order valence-electron chi connectivity index (χ1n) is 7.94. The van der Waals surface area contributed by atoms with Crippen LogP contribution in [-0.4, -0.2) is 24.6 Å². The average Bonchev–Trinajstić information content (AvgIpc) is 3.12. The molecule has 7 heteroatoms. The highest BCUT2D eigenvalue weighted by molar-refractivity contribution is 7.13. The fourth-order valence-electron chi connectivity index (χ4n) is 2.32. The van der Waals surface area contributed by atoms with Gasteiger partial charge in [0.25, 0.3) is 5.91 Å². The van der Waals surface area contributed by atoms with Crippen LogP contribution in [0.25, 0.3) is 10.6 Å². The van der Waals surface area contributed by atoms with Gasteiger partial charge in [0.05, 0.1) is 13.7 Å². The Morgan fingerprint density at radius 2 is 2.08 bits per heavy atom. The van der Waals surface area contributed by atoms with Crippen molar-refractivity contribution < 1.29 is 18.7 Å². The summed E-state index contributed by atoms with van der Waals surface area (Å²) in [5.41, 5.74) is 1.15. The van der Waals surface area contributed by atoms with Gasteiger partial charge < -0.3 is 14.8 Å². The number of carbonyl (C=O) groups excluding carboxylic acids is 1. The van der Waals surface area contributed by atoms with Crippen molar-refractivity contribution >= 4 is 22.9 Å². The molecule has 0 bridgehead atoms. The molecule has 0 saturated carbocycles. The maximum absolute atomic E-state index is 14.3. The third-order valence-electron chi connectivity index (χ3n) is 3.55. The van der Waals surface area contributed by atoms with E-state index in [1.165, 1.54) is 17.4 Å². The van der Waals surface area contributed by atoms with Crippen LogP contribution in [0.3, 0.4) is 0 Å². The maximum Gasteiger partial charge on any atom is 0.275 e. The molecule has 0 unspecified atom stereocenters. The molecular formula is C19H17FN2O3S. The molecule has 134 valence electrons. The number of nitrogens with zero attached hydrogens (tertiary/aromatic N) is 1. The maximum atomic E-state index is 14.3. The molecule has 3 aromatic rings. The van der Waals surface area contributed by atoms with E-state index in [0.29, 0.717) is 34.4 Å². The largest absolute Gasteiger partial charge is 0.497 e. The van der Waals surface area contributed by atoms with E-state index in [4.69, 9.17) is 9.47 Å². The molecule has 1 aromatic heterocycles. The molecule has 0 aliphatic carbocycles. The van der Waals surface area contributed by atoms with Crippen LogP contribution in [0.5, 0.6) is 11.5 Å². The summed E-state index contributed by atoms with van der Waals surface area (Å²) >= 11 is 1.21. The van der Waals surface area contributed by atoms with Gasteiger partial charge in [0.2, 0.25) is 0 Å². The molecule has 1 N–H and O–H groups in total. The first-order chi connectivity index (χ1) is 12.6. The molecule has 3 rings (SSSR count). The van der Waals surface area contributed by atoms with Gasteiger partial charge in [-0.3, -0.25) is 4.79 Å². The highest BCUT2D eigenvalue weighted by Crippen LogP contribution is 2.29. The Balaban J connectivity index is 1.77. The van der Waals surface area contributed by atoms with E-state index in [-0.39, 0.29) is 11.6 Å². The number of nitrogens with one attached hydrogen (secondary N) is 1. The van der Waals surface area contributed by atoms with Gasteiger partial charge in [0, 0.05) is 28.8 Å². The van der Waals surface area contributed by atoms with Crippen LogP contribution >= 0.6 is 11.3 Å². The molecule has 0 atom stereocenters. The number of halogens is 1. The van der Waals surface area contributed by atoms with Crippen LogP contribution in [0.4, 0.5) is 10.1 Å². The molecule has 0 saturated heterocycles. The molecule has 0 spiro atoms. The topological polar surface area (TPSA) is 60.5 Å². The number of carbonyl (C=O) groups is 1. The zero-order chi connectivity index (χ0) is 18.5. The van der Waals surface area contributed by atoms with Crippen molar-refractivity contribution in [2.45, 2.75) is 6.92 Å². The minimum atomic E-state index is -0.440. The van der Waals surface area contributed by atoms with Crippen molar-refractivity contribution in [3.8, 4) is 22.1 Å². The predicted octanol–water partition coefficient (Wildman–Crippen LogP) is 4.61. The summed E-state index contributed by atoms with van der Waals surface area (Å²) in [5.74, 6) is 0.289. The van der Waals surface area contributed by atoms with Crippen molar-refractivity contribution in [1.82, 2.24) is 4.98 Å². The zero-order valence-electron chi connectivity index (χ0n) is 14.3. The Hall–Kier alpha value is -2.93. The highest BCUT2D eigenvalue weighted by atomic mass is 32.1. The second kappa shape index (κ2) is 7.97. The summed E-state index contributed by atoms with van der Waals surface area (Å²) < 4.78 is 24.7. The summed E-state index contributed by atoms with van der Waals surface area (Å²) in [7, 11) is 1.55. The van der Waals surface area contributed by atoms with Gasteiger partial charge in [-0.05, 0) is 31.2 Å². The van der Waals surface area contributed by atoms with E-state index < -0.39 is 5.82 Å². The lowest BCUT2D eigenvalue weighted by molar-refractivity contribution is 0.102. The standard InChI is InChI=1S/C19H17FN2O3S/c1-3-25-14-7-8-15(16(20)10-14)19-22-17(11-26-19)18(23)21-12-5-4-6-13(9-12)24-2/h4-11H,3H2,1-2H3,(H,21,23). The Kier molecular flexibility index (Phi) is 5.48. The van der Waals surface area contributed by atoms with Crippen LogP contribution in [-0.2, 0) is 0 Å². The van der Waals surface area contributed by atoms with Gasteiger partial charge in [0.1, 0.15) is 28.0 Å². The molecule has 2 aromatic carbocycles. The van der Waals surface area contributed by atoms with Crippen LogP contribution in [0.2, 0.25) is 0 Å². The fourth-order valence-corrected chi connectivity index (χ4v) is 3.15. The molecule has 1 heterocycles. The molecule has 1 amide bonds. The van der Waals surface area contributed by atoms with Crippen molar-refractivity contribution in [3.63, 3.8) is 0 Å². The van der Waals surface area contributed by atoms with E-state index in [1.807, 2.05) is 6.92 Å². The van der Waals surface area contributed by atoms with Gasteiger partial charge in [-0.1, -0.05) is 6.07 Å². The number of hydrogen-bond donors (Lipinski definition) is 1. The Morgan fingerprint density at radius 1 is 1.23 bits per heavy atom. The van der Waals surface area contributed by atoms with Crippen molar-refractivity contribution in [2.24, 2.45) is 0 Å². The van der Waals surface area contributed by atoms with E-state index in [1.54, 1.807) is 48.9 Å². The van der Waals surface area contributed by atoms with E-state index in [9.17, 15) is 9.18 Å². The van der Waals surface area contributed by atoms with Gasteiger partial charge in [-0.15, -0.1) is 11.3 Å². The van der Waals surface area contributed by atoms with Gasteiger partial charge in [-0.2, -0.15) is 0 Å². The first-order valence-corrected chi connectivity index (χ1v) is 8.82. The summed E-state index contributed by atoms with van der Waals surface area (Å²) in [6.07, 6.45) is 0. The summed E-state index contributed by atoms with van der Waals surface area (Å²) in [4.78, 5) is 16.6. The van der Waals surface area contributed by atoms with Crippen LogP contribution < -0.4 is 14.8 Å². The monoisotopic (exact) mass is 372 g/mol. The number of amides is 1. The lowest BCUT2D eigenvalue weighted by Gasteiger charge is -2.06. The fraction of sp³-hybridized carbons (Fsp3) is 0.158. The van der Waals surface area contributed by atoms with Crippen LogP contribution in [0.1, 0.15) is 17.4 Å². The molecule has 0 aliphatic rings. The lowest BCUT2D eigenvalue weighted by atomic mass is 10.2. The average molecular weight is 372 g/mol. The number of aromatic nitrogens is 1. The van der Waals surface area contributed by atoms with Crippen molar-refractivity contribution in [2.75, 3.05) is 19.0 Å². The number of hydrogen-bond acceptors (Lipinski definition) is 5. The van der Waals surface area contributed by atoms with Gasteiger partial charge in [0.15, 0.2) is 0 Å². The molecule has 0 aliphatic heterocycles. The van der Waals surface area contributed by atoms with E-state index in [0.717, 1.165) is 0 Å². The molecule has 0 radical (unpaired) electrons. The summed E-state index contributed by atoms with van der Waals surface area (Å²) in [6, 6.07) is 11.6. The third-order valence-corrected chi connectivity index (χ3v) is 4.42. The number of benzene rings is 2. The van der Waals surface area contributed by atoms with Crippen LogP contribution in [0, 0.1) is 5.82 Å². The minimum absolute atomic E-state index is 0.223. The quantitative estimate of drug-likeness (QED) is 0.686. The Labute approximate surface area is 154 Å². The second-order valence-electron chi connectivity index (χ2n) is 5.30. The number of rotatable bonds is 6. The SMILES string of the molecule is CCOc1ccc(-c2nc(C(=O)Nc3cccc(OC)c3)cs2)c(F)c1. The molecular weight excluding hydrogens is 355 g/mol. The predicted molar refractivity (Wildman–Crippen MR) is 99.6 cm³/mol. The van der Waals surface area contributed by atoms with Gasteiger partial charge >= 0.3 is 0 Å². The van der Waals surface area contributed by atoms with Crippen molar-refractivity contribution in [3.05, 3.63) is 59.4 Å². The number of thiazole rings is 1. The Morgan fingerprint density at radius 3 is 2.81 bits per heavy atom. The molecule has 5 nitrogen and oxygen atoms in total.